The van der Waals surface area contributed by atoms with Crippen LogP contribution in [0.1, 0.15) is 26.3 Å². The van der Waals surface area contributed by atoms with Crippen LogP contribution in [0.2, 0.25) is 0 Å². The summed E-state index contributed by atoms with van der Waals surface area (Å²) in [7, 11) is 0. The van der Waals surface area contributed by atoms with E-state index < -0.39 is 5.97 Å². The van der Waals surface area contributed by atoms with E-state index in [-0.39, 0.29) is 6.42 Å². The third-order valence-electron chi connectivity index (χ3n) is 2.38. The van der Waals surface area contributed by atoms with Crippen molar-refractivity contribution in [1.82, 2.24) is 0 Å². The van der Waals surface area contributed by atoms with Crippen molar-refractivity contribution in [1.29, 1.82) is 0 Å². The van der Waals surface area contributed by atoms with Crippen molar-refractivity contribution in [3.8, 4) is 17.2 Å². The van der Waals surface area contributed by atoms with Crippen molar-refractivity contribution in [2.75, 3.05) is 19.8 Å². The van der Waals surface area contributed by atoms with Gasteiger partial charge < -0.3 is 19.3 Å². The number of hydrogen-bond donors (Lipinski definition) is 1. The Balaban J connectivity index is 3.25. The van der Waals surface area contributed by atoms with Gasteiger partial charge in [0.1, 0.15) is 0 Å². The first-order valence-electron chi connectivity index (χ1n) is 6.40. The molecule has 0 bridgehead atoms. The third kappa shape index (κ3) is 4.05. The summed E-state index contributed by atoms with van der Waals surface area (Å²) in [4.78, 5) is 10.9. The van der Waals surface area contributed by atoms with Gasteiger partial charge in [-0.1, -0.05) is 6.07 Å². The second-order valence-electron chi connectivity index (χ2n) is 3.75. The Hall–Kier alpha value is -1.91. The molecule has 0 aliphatic rings. The first-order chi connectivity index (χ1) is 9.13. The fourth-order valence-corrected chi connectivity index (χ4v) is 1.74. The van der Waals surface area contributed by atoms with Gasteiger partial charge in [-0.2, -0.15) is 0 Å². The van der Waals surface area contributed by atoms with Crippen LogP contribution in [0.5, 0.6) is 17.2 Å². The molecule has 19 heavy (non-hydrogen) atoms. The van der Waals surface area contributed by atoms with E-state index in [1.165, 1.54) is 0 Å². The molecule has 106 valence electrons. The largest absolute Gasteiger partial charge is 0.490 e. The van der Waals surface area contributed by atoms with E-state index in [1.54, 1.807) is 12.1 Å². The highest BCUT2D eigenvalue weighted by molar-refractivity contribution is 5.73. The second-order valence-corrected chi connectivity index (χ2v) is 3.75. The number of ether oxygens (including phenoxy) is 3. The summed E-state index contributed by atoms with van der Waals surface area (Å²) in [6, 6.07) is 3.42. The minimum Gasteiger partial charge on any atom is -0.490 e. The average molecular weight is 268 g/mol. The van der Waals surface area contributed by atoms with Crippen LogP contribution in [-0.2, 0) is 11.2 Å². The van der Waals surface area contributed by atoms with Gasteiger partial charge in [-0.05, 0) is 26.8 Å². The lowest BCUT2D eigenvalue weighted by atomic mass is 10.1. The molecule has 0 aliphatic heterocycles. The van der Waals surface area contributed by atoms with E-state index in [4.69, 9.17) is 19.3 Å². The van der Waals surface area contributed by atoms with Gasteiger partial charge in [-0.15, -0.1) is 0 Å². The Bertz CT molecular complexity index is 428. The van der Waals surface area contributed by atoms with Crippen molar-refractivity contribution in [2.24, 2.45) is 0 Å². The Labute approximate surface area is 113 Å². The molecule has 0 heterocycles. The van der Waals surface area contributed by atoms with Crippen LogP contribution in [-0.4, -0.2) is 30.9 Å². The fourth-order valence-electron chi connectivity index (χ4n) is 1.74. The molecule has 1 aromatic rings. The Morgan fingerprint density at radius 3 is 2.11 bits per heavy atom. The molecular weight excluding hydrogens is 248 g/mol. The molecule has 0 aromatic heterocycles. The standard InChI is InChI=1S/C14H20O5/c1-4-17-11-8-7-10(9-12(15)16)13(18-5-2)14(11)19-6-3/h7-8H,4-6,9H2,1-3H3,(H,15,16). The highest BCUT2D eigenvalue weighted by Gasteiger charge is 2.18. The predicted octanol–water partition coefficient (Wildman–Crippen LogP) is 2.51. The lowest BCUT2D eigenvalue weighted by molar-refractivity contribution is -0.136. The molecule has 0 fully saturated rings. The quantitative estimate of drug-likeness (QED) is 0.784. The Morgan fingerprint density at radius 2 is 1.58 bits per heavy atom. The molecular formula is C14H20O5. The minimum atomic E-state index is -0.910. The number of carboxylic acids is 1. The number of benzene rings is 1. The zero-order valence-corrected chi connectivity index (χ0v) is 11.6. The van der Waals surface area contributed by atoms with Crippen LogP contribution in [0.3, 0.4) is 0 Å². The molecule has 0 amide bonds. The van der Waals surface area contributed by atoms with Gasteiger partial charge in [0.2, 0.25) is 5.75 Å². The monoisotopic (exact) mass is 268 g/mol. The normalized spacial score (nSPS) is 10.1. The maximum Gasteiger partial charge on any atom is 0.307 e. The van der Waals surface area contributed by atoms with E-state index in [2.05, 4.69) is 0 Å². The topological polar surface area (TPSA) is 65.0 Å². The van der Waals surface area contributed by atoms with Crippen LogP contribution >= 0.6 is 0 Å². The van der Waals surface area contributed by atoms with Gasteiger partial charge in [0.05, 0.1) is 26.2 Å². The number of rotatable bonds is 8. The van der Waals surface area contributed by atoms with Gasteiger partial charge in [0.15, 0.2) is 11.5 Å². The molecule has 5 nitrogen and oxygen atoms in total. The van der Waals surface area contributed by atoms with E-state index in [9.17, 15) is 4.79 Å². The third-order valence-corrected chi connectivity index (χ3v) is 2.38. The van der Waals surface area contributed by atoms with E-state index >= 15 is 0 Å². The zero-order valence-electron chi connectivity index (χ0n) is 11.6. The maximum atomic E-state index is 10.9. The summed E-state index contributed by atoms with van der Waals surface area (Å²) in [5.41, 5.74) is 0.584. The van der Waals surface area contributed by atoms with Crippen LogP contribution in [0.4, 0.5) is 0 Å². The summed E-state index contributed by atoms with van der Waals surface area (Å²) < 4.78 is 16.6. The summed E-state index contributed by atoms with van der Waals surface area (Å²) in [6.45, 7) is 6.97. The lowest BCUT2D eigenvalue weighted by Crippen LogP contribution is -2.07. The fraction of sp³-hybridized carbons (Fsp3) is 0.500. The van der Waals surface area contributed by atoms with Gasteiger partial charge in [-0.25, -0.2) is 0 Å². The van der Waals surface area contributed by atoms with Crippen LogP contribution < -0.4 is 14.2 Å². The first kappa shape index (κ1) is 15.1. The second kappa shape index (κ2) is 7.51. The SMILES string of the molecule is CCOc1ccc(CC(=O)O)c(OCC)c1OCC. The highest BCUT2D eigenvalue weighted by Crippen LogP contribution is 2.40. The molecule has 1 rings (SSSR count). The summed E-state index contributed by atoms with van der Waals surface area (Å²) in [5.74, 6) is 0.595. The summed E-state index contributed by atoms with van der Waals surface area (Å²) in [5, 5.41) is 8.93. The smallest absolute Gasteiger partial charge is 0.307 e. The minimum absolute atomic E-state index is 0.109. The number of carbonyl (C=O) groups is 1. The predicted molar refractivity (Wildman–Crippen MR) is 71.3 cm³/mol. The zero-order chi connectivity index (χ0) is 14.3. The highest BCUT2D eigenvalue weighted by atomic mass is 16.5. The van der Waals surface area contributed by atoms with Gasteiger partial charge in [-0.3, -0.25) is 4.79 Å². The van der Waals surface area contributed by atoms with Gasteiger partial charge >= 0.3 is 5.97 Å². The summed E-state index contributed by atoms with van der Waals surface area (Å²) >= 11 is 0. The lowest BCUT2D eigenvalue weighted by Gasteiger charge is -2.17. The molecule has 1 aromatic carbocycles. The van der Waals surface area contributed by atoms with Gasteiger partial charge in [0.25, 0.3) is 0 Å². The maximum absolute atomic E-state index is 10.9. The van der Waals surface area contributed by atoms with Gasteiger partial charge in [0, 0.05) is 5.56 Å². The number of hydrogen-bond acceptors (Lipinski definition) is 4. The van der Waals surface area contributed by atoms with E-state index in [1.807, 2.05) is 20.8 Å². The van der Waals surface area contributed by atoms with Crippen LogP contribution in [0.15, 0.2) is 12.1 Å². The average Bonchev–Trinajstić information content (AvgIpc) is 2.36. The van der Waals surface area contributed by atoms with Crippen molar-refractivity contribution < 1.29 is 24.1 Å². The molecule has 0 spiro atoms. The Morgan fingerprint density at radius 1 is 1.00 bits per heavy atom. The summed E-state index contributed by atoms with van der Waals surface area (Å²) in [6.07, 6.45) is -0.109. The Kier molecular flexibility index (Phi) is 5.99. The molecule has 1 N–H and O–H groups in total. The van der Waals surface area contributed by atoms with Crippen LogP contribution in [0, 0.1) is 0 Å². The van der Waals surface area contributed by atoms with Crippen molar-refractivity contribution >= 4 is 5.97 Å². The molecule has 0 unspecified atom stereocenters. The molecule has 0 saturated carbocycles. The van der Waals surface area contributed by atoms with E-state index in [0.717, 1.165) is 0 Å². The molecule has 0 aliphatic carbocycles. The van der Waals surface area contributed by atoms with E-state index in [0.29, 0.717) is 42.6 Å². The van der Waals surface area contributed by atoms with Crippen LogP contribution in [0.25, 0.3) is 0 Å². The molecule has 0 atom stereocenters. The number of aliphatic carboxylic acids is 1. The molecule has 5 heteroatoms. The number of carboxylic acid groups (broad SMARTS) is 1. The van der Waals surface area contributed by atoms with Crippen molar-refractivity contribution in [3.63, 3.8) is 0 Å². The van der Waals surface area contributed by atoms with Crippen molar-refractivity contribution in [2.45, 2.75) is 27.2 Å². The first-order valence-corrected chi connectivity index (χ1v) is 6.40. The van der Waals surface area contributed by atoms with Crippen molar-refractivity contribution in [3.05, 3.63) is 17.7 Å². The molecule has 0 radical (unpaired) electrons. The molecule has 0 saturated heterocycles.